The van der Waals surface area contributed by atoms with Gasteiger partial charge in [-0.1, -0.05) is 0 Å². The average molecular weight is 278 g/mol. The number of sulfonamides is 1. The zero-order valence-electron chi connectivity index (χ0n) is 10.6. The van der Waals surface area contributed by atoms with E-state index in [2.05, 4.69) is 14.7 Å². The second kappa shape index (κ2) is 4.85. The normalized spacial score (nSPS) is 11.3. The molecule has 1 aromatic carbocycles. The highest BCUT2D eigenvalue weighted by Gasteiger charge is 2.19. The smallest absolute Gasteiger partial charge is 0.263 e. The summed E-state index contributed by atoms with van der Waals surface area (Å²) < 4.78 is 27.0. The maximum absolute atomic E-state index is 12.3. The van der Waals surface area contributed by atoms with Crippen LogP contribution in [-0.4, -0.2) is 18.4 Å². The zero-order valence-corrected chi connectivity index (χ0v) is 11.4. The summed E-state index contributed by atoms with van der Waals surface area (Å²) in [6.45, 7) is 3.55. The van der Waals surface area contributed by atoms with E-state index in [0.717, 1.165) is 5.56 Å². The van der Waals surface area contributed by atoms with Crippen molar-refractivity contribution in [2.45, 2.75) is 18.7 Å². The summed E-state index contributed by atoms with van der Waals surface area (Å²) in [4.78, 5) is 7.83. The Kier molecular flexibility index (Phi) is 3.39. The Morgan fingerprint density at radius 3 is 2.58 bits per heavy atom. The Bertz CT molecular complexity index is 699. The van der Waals surface area contributed by atoms with E-state index in [1.807, 2.05) is 6.92 Å². The highest BCUT2D eigenvalue weighted by Crippen LogP contribution is 2.23. The van der Waals surface area contributed by atoms with E-state index in [4.69, 9.17) is 5.73 Å². The summed E-state index contributed by atoms with van der Waals surface area (Å²) in [5, 5.41) is 0. The monoisotopic (exact) mass is 278 g/mol. The lowest BCUT2D eigenvalue weighted by molar-refractivity contribution is 0.600. The molecule has 0 aliphatic rings. The summed E-state index contributed by atoms with van der Waals surface area (Å²) >= 11 is 0. The van der Waals surface area contributed by atoms with Gasteiger partial charge in [0.1, 0.15) is 0 Å². The fourth-order valence-corrected chi connectivity index (χ4v) is 3.02. The van der Waals surface area contributed by atoms with Crippen LogP contribution in [-0.2, 0) is 10.0 Å². The molecule has 0 aliphatic carbocycles. The summed E-state index contributed by atoms with van der Waals surface area (Å²) in [5.41, 5.74) is 7.58. The van der Waals surface area contributed by atoms with Crippen LogP contribution in [0.5, 0.6) is 0 Å². The molecule has 19 heavy (non-hydrogen) atoms. The third kappa shape index (κ3) is 2.82. The number of rotatable bonds is 3. The summed E-state index contributed by atoms with van der Waals surface area (Å²) in [5.74, 6) is 0.168. The molecule has 6 nitrogen and oxygen atoms in total. The van der Waals surface area contributed by atoms with Gasteiger partial charge in [-0.2, -0.15) is 0 Å². The van der Waals surface area contributed by atoms with Crippen LogP contribution in [0.3, 0.4) is 0 Å². The maximum Gasteiger partial charge on any atom is 0.263 e. The lowest BCUT2D eigenvalue weighted by atomic mass is 10.1. The van der Waals surface area contributed by atoms with Crippen molar-refractivity contribution in [2.75, 3.05) is 10.5 Å². The zero-order chi connectivity index (χ0) is 14.0. The van der Waals surface area contributed by atoms with Crippen molar-refractivity contribution >= 4 is 21.5 Å². The molecule has 0 radical (unpaired) electrons. The van der Waals surface area contributed by atoms with Crippen molar-refractivity contribution in [3.8, 4) is 0 Å². The van der Waals surface area contributed by atoms with E-state index < -0.39 is 10.0 Å². The summed E-state index contributed by atoms with van der Waals surface area (Å²) in [6, 6.07) is 3.16. The van der Waals surface area contributed by atoms with Gasteiger partial charge in [0.15, 0.2) is 5.82 Å². The molecular formula is C12H14N4O2S. The molecule has 0 aliphatic heterocycles. The molecular weight excluding hydrogens is 264 g/mol. The van der Waals surface area contributed by atoms with Gasteiger partial charge in [0.2, 0.25) is 0 Å². The van der Waals surface area contributed by atoms with Gasteiger partial charge in [-0.25, -0.2) is 13.4 Å². The van der Waals surface area contributed by atoms with E-state index in [9.17, 15) is 8.42 Å². The van der Waals surface area contributed by atoms with Gasteiger partial charge in [-0.3, -0.25) is 9.71 Å². The molecule has 0 spiro atoms. The van der Waals surface area contributed by atoms with E-state index in [1.54, 1.807) is 13.0 Å². The van der Waals surface area contributed by atoms with Crippen molar-refractivity contribution in [3.05, 3.63) is 41.9 Å². The third-order valence-corrected chi connectivity index (χ3v) is 4.21. The molecule has 0 saturated heterocycles. The molecule has 100 valence electrons. The first-order valence-electron chi connectivity index (χ1n) is 5.56. The van der Waals surface area contributed by atoms with Gasteiger partial charge in [0, 0.05) is 18.1 Å². The summed E-state index contributed by atoms with van der Waals surface area (Å²) in [7, 11) is -3.72. The minimum Gasteiger partial charge on any atom is -0.399 e. The second-order valence-corrected chi connectivity index (χ2v) is 5.81. The number of benzene rings is 1. The van der Waals surface area contributed by atoms with Gasteiger partial charge >= 0.3 is 0 Å². The van der Waals surface area contributed by atoms with Crippen LogP contribution in [0.1, 0.15) is 11.1 Å². The summed E-state index contributed by atoms with van der Waals surface area (Å²) in [6.07, 6.45) is 4.22. The highest BCUT2D eigenvalue weighted by molar-refractivity contribution is 7.92. The van der Waals surface area contributed by atoms with Crippen LogP contribution in [0.4, 0.5) is 11.5 Å². The average Bonchev–Trinajstić information content (AvgIpc) is 2.34. The molecule has 3 N–H and O–H groups in total. The highest BCUT2D eigenvalue weighted by atomic mass is 32.2. The minimum absolute atomic E-state index is 0.149. The number of nitrogens with zero attached hydrogens (tertiary/aromatic N) is 2. The molecule has 0 saturated carbocycles. The number of aryl methyl sites for hydroxylation is 1. The van der Waals surface area contributed by atoms with Crippen molar-refractivity contribution in [1.29, 1.82) is 0 Å². The van der Waals surface area contributed by atoms with Crippen LogP contribution < -0.4 is 10.5 Å². The van der Waals surface area contributed by atoms with E-state index in [1.165, 1.54) is 24.7 Å². The first-order chi connectivity index (χ1) is 8.90. The molecule has 0 unspecified atom stereocenters. The van der Waals surface area contributed by atoms with Crippen molar-refractivity contribution in [2.24, 2.45) is 0 Å². The second-order valence-electron chi connectivity index (χ2n) is 4.16. The van der Waals surface area contributed by atoms with Crippen LogP contribution in [0.15, 0.2) is 35.6 Å². The number of nitrogens with two attached hydrogens (primary N) is 1. The molecule has 1 heterocycles. The van der Waals surface area contributed by atoms with Crippen molar-refractivity contribution in [3.63, 3.8) is 0 Å². The van der Waals surface area contributed by atoms with Crippen LogP contribution >= 0.6 is 0 Å². The number of nitrogens with one attached hydrogen (secondary N) is 1. The minimum atomic E-state index is -3.72. The maximum atomic E-state index is 12.3. The lowest BCUT2D eigenvalue weighted by Crippen LogP contribution is -2.16. The molecule has 0 atom stereocenters. The first-order valence-corrected chi connectivity index (χ1v) is 7.04. The SMILES string of the molecule is Cc1cc(N)cc(S(=O)(=O)Nc2cnccn2)c1C. The quantitative estimate of drug-likeness (QED) is 0.829. The number of hydrogen-bond donors (Lipinski definition) is 2. The molecule has 0 bridgehead atoms. The molecule has 1 aromatic heterocycles. The van der Waals surface area contributed by atoms with E-state index in [0.29, 0.717) is 11.3 Å². The number of hydrogen-bond acceptors (Lipinski definition) is 5. The van der Waals surface area contributed by atoms with E-state index in [-0.39, 0.29) is 10.7 Å². The number of nitrogen functional groups attached to an aromatic ring is 1. The van der Waals surface area contributed by atoms with Crippen LogP contribution in [0.2, 0.25) is 0 Å². The lowest BCUT2D eigenvalue weighted by Gasteiger charge is -2.12. The predicted molar refractivity (Wildman–Crippen MR) is 73.2 cm³/mol. The van der Waals surface area contributed by atoms with E-state index >= 15 is 0 Å². The van der Waals surface area contributed by atoms with Crippen LogP contribution in [0.25, 0.3) is 0 Å². The fraction of sp³-hybridized carbons (Fsp3) is 0.167. The first kappa shape index (κ1) is 13.3. The Balaban J connectivity index is 2.46. The Morgan fingerprint density at radius 1 is 1.21 bits per heavy atom. The number of anilines is 2. The largest absolute Gasteiger partial charge is 0.399 e. The van der Waals surface area contributed by atoms with Gasteiger partial charge < -0.3 is 5.73 Å². The molecule has 2 rings (SSSR count). The third-order valence-electron chi connectivity index (χ3n) is 2.73. The van der Waals surface area contributed by atoms with Crippen molar-refractivity contribution < 1.29 is 8.42 Å². The Labute approximate surface area is 111 Å². The van der Waals surface area contributed by atoms with Gasteiger partial charge in [-0.15, -0.1) is 0 Å². The molecule has 7 heteroatoms. The predicted octanol–water partition coefficient (Wildman–Crippen LogP) is 1.48. The van der Waals surface area contributed by atoms with Gasteiger partial charge in [-0.05, 0) is 37.1 Å². The van der Waals surface area contributed by atoms with Gasteiger partial charge in [0.25, 0.3) is 10.0 Å². The molecule has 2 aromatic rings. The molecule has 0 fully saturated rings. The number of aromatic nitrogens is 2. The standard InChI is InChI=1S/C12H14N4O2S/c1-8-5-10(13)6-11(9(8)2)19(17,18)16-12-7-14-3-4-15-12/h3-7H,13H2,1-2H3,(H,15,16). The van der Waals surface area contributed by atoms with Gasteiger partial charge in [0.05, 0.1) is 11.1 Å². The van der Waals surface area contributed by atoms with Crippen LogP contribution in [0, 0.1) is 13.8 Å². The Hall–Kier alpha value is -2.15. The fourth-order valence-electron chi connectivity index (χ4n) is 1.68. The Morgan fingerprint density at radius 2 is 1.95 bits per heavy atom. The molecule has 0 amide bonds. The topological polar surface area (TPSA) is 98.0 Å². The van der Waals surface area contributed by atoms with Crippen molar-refractivity contribution in [1.82, 2.24) is 9.97 Å².